The molecule has 0 atom stereocenters. The largest absolute Gasteiger partial charge is 0.365 e. The molecule has 4 rings (SSSR count). The standard InChI is InChI=1S/C23H22ClN5O3/c1-2-19-17(22(25)31)13-26-29(19)16-8-6-15(7-9-16)27-23(32)14-5-10-18(24)20(12-14)28-11-3-4-21(28)30/h5-10,12-13H,2-4,11H2,1H3,(H2,25,31)(H,27,32). The Hall–Kier alpha value is -3.65. The first kappa shape index (κ1) is 21.6. The molecule has 0 bridgehead atoms. The zero-order valence-electron chi connectivity index (χ0n) is 17.5. The number of nitrogens with two attached hydrogens (primary N) is 1. The number of rotatable bonds is 6. The molecule has 1 fully saturated rings. The van der Waals surface area contributed by atoms with Gasteiger partial charge in [-0.3, -0.25) is 14.4 Å². The van der Waals surface area contributed by atoms with Gasteiger partial charge in [-0.1, -0.05) is 18.5 Å². The molecule has 1 aliphatic rings. The summed E-state index contributed by atoms with van der Waals surface area (Å²) in [5, 5.41) is 7.54. The van der Waals surface area contributed by atoms with Gasteiger partial charge in [-0.05, 0) is 55.3 Å². The second-order valence-electron chi connectivity index (χ2n) is 7.45. The van der Waals surface area contributed by atoms with Crippen molar-refractivity contribution in [3.8, 4) is 5.69 Å². The molecular formula is C23H22ClN5O3. The number of hydrogen-bond donors (Lipinski definition) is 2. The molecule has 2 heterocycles. The highest BCUT2D eigenvalue weighted by atomic mass is 35.5. The van der Waals surface area contributed by atoms with E-state index in [0.29, 0.717) is 46.9 Å². The monoisotopic (exact) mass is 451 g/mol. The van der Waals surface area contributed by atoms with Gasteiger partial charge in [0.1, 0.15) is 0 Å². The molecule has 9 heteroatoms. The molecule has 0 spiro atoms. The average Bonchev–Trinajstić information content (AvgIpc) is 3.40. The lowest BCUT2D eigenvalue weighted by Crippen LogP contribution is -2.24. The van der Waals surface area contributed by atoms with Gasteiger partial charge in [-0.15, -0.1) is 0 Å². The number of hydrogen-bond acceptors (Lipinski definition) is 4. The van der Waals surface area contributed by atoms with Crippen LogP contribution in [-0.4, -0.2) is 34.0 Å². The number of carbonyl (C=O) groups excluding carboxylic acids is 3. The lowest BCUT2D eigenvalue weighted by Gasteiger charge is -2.18. The van der Waals surface area contributed by atoms with E-state index in [1.54, 1.807) is 52.0 Å². The molecule has 164 valence electrons. The van der Waals surface area contributed by atoms with Gasteiger partial charge in [0.2, 0.25) is 5.91 Å². The van der Waals surface area contributed by atoms with Gasteiger partial charge in [-0.2, -0.15) is 5.10 Å². The van der Waals surface area contributed by atoms with Crippen LogP contribution in [0.1, 0.15) is 46.2 Å². The zero-order valence-corrected chi connectivity index (χ0v) is 18.2. The van der Waals surface area contributed by atoms with E-state index in [1.807, 2.05) is 6.92 Å². The molecule has 1 saturated heterocycles. The van der Waals surface area contributed by atoms with E-state index in [9.17, 15) is 14.4 Å². The number of primary amides is 1. The maximum Gasteiger partial charge on any atom is 0.255 e. The van der Waals surface area contributed by atoms with Crippen molar-refractivity contribution in [2.24, 2.45) is 5.73 Å². The number of amides is 3. The van der Waals surface area contributed by atoms with Crippen molar-refractivity contribution in [2.45, 2.75) is 26.2 Å². The fourth-order valence-electron chi connectivity index (χ4n) is 3.80. The number of carbonyl (C=O) groups is 3. The first-order valence-electron chi connectivity index (χ1n) is 10.3. The molecule has 2 aromatic carbocycles. The Morgan fingerprint density at radius 1 is 1.19 bits per heavy atom. The fraction of sp³-hybridized carbons (Fsp3) is 0.217. The van der Waals surface area contributed by atoms with Crippen LogP contribution in [0.2, 0.25) is 5.02 Å². The van der Waals surface area contributed by atoms with E-state index < -0.39 is 5.91 Å². The first-order chi connectivity index (χ1) is 15.4. The summed E-state index contributed by atoms with van der Waals surface area (Å²) in [4.78, 5) is 38.0. The zero-order chi connectivity index (χ0) is 22.8. The summed E-state index contributed by atoms with van der Waals surface area (Å²) in [6.45, 7) is 2.51. The van der Waals surface area contributed by atoms with Gasteiger partial charge >= 0.3 is 0 Å². The van der Waals surface area contributed by atoms with Crippen molar-refractivity contribution in [1.82, 2.24) is 9.78 Å². The molecule has 3 N–H and O–H groups in total. The molecule has 3 amide bonds. The second-order valence-corrected chi connectivity index (χ2v) is 7.86. The fourth-order valence-corrected chi connectivity index (χ4v) is 4.01. The summed E-state index contributed by atoms with van der Waals surface area (Å²) in [7, 11) is 0. The highest BCUT2D eigenvalue weighted by molar-refractivity contribution is 6.34. The minimum absolute atomic E-state index is 0.00427. The van der Waals surface area contributed by atoms with E-state index in [-0.39, 0.29) is 11.8 Å². The van der Waals surface area contributed by atoms with Gasteiger partial charge in [0.15, 0.2) is 0 Å². The third-order valence-electron chi connectivity index (χ3n) is 5.41. The topological polar surface area (TPSA) is 110 Å². The second kappa shape index (κ2) is 8.84. The van der Waals surface area contributed by atoms with Crippen LogP contribution in [-0.2, 0) is 11.2 Å². The van der Waals surface area contributed by atoms with Crippen molar-refractivity contribution >= 4 is 40.7 Å². The summed E-state index contributed by atoms with van der Waals surface area (Å²) in [6, 6.07) is 12.0. The van der Waals surface area contributed by atoms with Crippen molar-refractivity contribution in [3.63, 3.8) is 0 Å². The Morgan fingerprint density at radius 2 is 1.94 bits per heavy atom. The summed E-state index contributed by atoms with van der Waals surface area (Å²) >= 11 is 6.27. The van der Waals surface area contributed by atoms with Gasteiger partial charge in [0, 0.05) is 24.2 Å². The molecule has 1 aromatic heterocycles. The maximum atomic E-state index is 12.8. The van der Waals surface area contributed by atoms with Gasteiger partial charge < -0.3 is 16.0 Å². The van der Waals surface area contributed by atoms with Crippen LogP contribution in [0.4, 0.5) is 11.4 Å². The average molecular weight is 452 g/mol. The summed E-state index contributed by atoms with van der Waals surface area (Å²) in [5.41, 5.74) is 8.81. The third-order valence-corrected chi connectivity index (χ3v) is 5.73. The normalized spacial score (nSPS) is 13.4. The smallest absolute Gasteiger partial charge is 0.255 e. The molecule has 3 aromatic rings. The molecule has 0 unspecified atom stereocenters. The van der Waals surface area contributed by atoms with E-state index in [4.69, 9.17) is 17.3 Å². The highest BCUT2D eigenvalue weighted by Gasteiger charge is 2.24. The van der Waals surface area contributed by atoms with Gasteiger partial charge in [0.25, 0.3) is 11.8 Å². The summed E-state index contributed by atoms with van der Waals surface area (Å²) in [5.74, 6) is -0.828. The van der Waals surface area contributed by atoms with Crippen LogP contribution < -0.4 is 16.0 Å². The van der Waals surface area contributed by atoms with E-state index in [2.05, 4.69) is 10.4 Å². The Kier molecular flexibility index (Phi) is 5.96. The number of aromatic nitrogens is 2. The van der Waals surface area contributed by atoms with E-state index in [1.165, 1.54) is 6.20 Å². The molecule has 1 aliphatic heterocycles. The van der Waals surface area contributed by atoms with E-state index >= 15 is 0 Å². The molecule has 8 nitrogen and oxygen atoms in total. The van der Waals surface area contributed by atoms with Crippen LogP contribution >= 0.6 is 11.6 Å². The molecular weight excluding hydrogens is 430 g/mol. The molecule has 32 heavy (non-hydrogen) atoms. The Labute approximate surface area is 190 Å². The summed E-state index contributed by atoms with van der Waals surface area (Å²) in [6.07, 6.45) is 3.31. The van der Waals surface area contributed by atoms with Crippen molar-refractivity contribution in [2.75, 3.05) is 16.8 Å². The Morgan fingerprint density at radius 3 is 2.56 bits per heavy atom. The minimum Gasteiger partial charge on any atom is -0.365 e. The number of benzene rings is 2. The van der Waals surface area contributed by atoms with Crippen molar-refractivity contribution in [1.29, 1.82) is 0 Å². The van der Waals surface area contributed by atoms with Crippen LogP contribution in [0.3, 0.4) is 0 Å². The Balaban J connectivity index is 1.53. The Bertz CT molecular complexity index is 1200. The summed E-state index contributed by atoms with van der Waals surface area (Å²) < 4.78 is 1.66. The van der Waals surface area contributed by atoms with Gasteiger partial charge in [0.05, 0.1) is 33.9 Å². The molecule has 0 saturated carbocycles. The van der Waals surface area contributed by atoms with Crippen molar-refractivity contribution in [3.05, 3.63) is 70.5 Å². The quantitative estimate of drug-likeness (QED) is 0.596. The number of nitrogens with zero attached hydrogens (tertiary/aromatic N) is 3. The molecule has 0 radical (unpaired) electrons. The third kappa shape index (κ3) is 4.09. The van der Waals surface area contributed by atoms with E-state index in [0.717, 1.165) is 17.8 Å². The predicted molar refractivity (Wildman–Crippen MR) is 122 cm³/mol. The van der Waals surface area contributed by atoms with Gasteiger partial charge in [-0.25, -0.2) is 4.68 Å². The van der Waals surface area contributed by atoms with Crippen LogP contribution in [0.5, 0.6) is 0 Å². The van der Waals surface area contributed by atoms with Crippen molar-refractivity contribution < 1.29 is 14.4 Å². The lowest BCUT2D eigenvalue weighted by atomic mass is 10.1. The highest BCUT2D eigenvalue weighted by Crippen LogP contribution is 2.30. The lowest BCUT2D eigenvalue weighted by molar-refractivity contribution is -0.117. The van der Waals surface area contributed by atoms with Crippen LogP contribution in [0.25, 0.3) is 5.69 Å². The maximum absolute atomic E-state index is 12.8. The number of halogens is 1. The first-order valence-corrected chi connectivity index (χ1v) is 10.6. The van der Waals surface area contributed by atoms with Crippen LogP contribution in [0.15, 0.2) is 48.7 Å². The predicted octanol–water partition coefficient (Wildman–Crippen LogP) is 3.57. The number of anilines is 2. The minimum atomic E-state index is -0.519. The molecule has 0 aliphatic carbocycles. The van der Waals surface area contributed by atoms with Crippen LogP contribution in [0, 0.1) is 0 Å². The number of nitrogens with one attached hydrogen (secondary N) is 1. The SMILES string of the molecule is CCc1c(C(N)=O)cnn1-c1ccc(NC(=O)c2ccc(Cl)c(N3CCCC3=O)c2)cc1.